The van der Waals surface area contributed by atoms with Crippen molar-refractivity contribution < 1.29 is 4.79 Å². The van der Waals surface area contributed by atoms with Crippen LogP contribution in [0.25, 0.3) is 0 Å². The Labute approximate surface area is 127 Å². The number of thioether (sulfide) groups is 1. The molecule has 2 heterocycles. The molecule has 1 saturated carbocycles. The van der Waals surface area contributed by atoms with E-state index in [9.17, 15) is 4.79 Å². The van der Waals surface area contributed by atoms with Gasteiger partial charge in [0.05, 0.1) is 0 Å². The molecule has 2 bridgehead atoms. The normalized spacial score (nSPS) is 40.0. The summed E-state index contributed by atoms with van der Waals surface area (Å²) in [6.07, 6.45) is 9.47. The van der Waals surface area contributed by atoms with Crippen molar-refractivity contribution >= 4 is 17.7 Å². The van der Waals surface area contributed by atoms with Crippen LogP contribution >= 0.6 is 11.8 Å². The van der Waals surface area contributed by atoms with Gasteiger partial charge in [0, 0.05) is 29.8 Å². The molecule has 1 aliphatic carbocycles. The van der Waals surface area contributed by atoms with E-state index < -0.39 is 0 Å². The molecule has 2 aliphatic heterocycles. The van der Waals surface area contributed by atoms with Gasteiger partial charge in [0.1, 0.15) is 0 Å². The molecule has 0 spiro atoms. The number of hydrogen-bond donors (Lipinski definition) is 2. The molecule has 0 aromatic rings. The van der Waals surface area contributed by atoms with E-state index in [4.69, 9.17) is 0 Å². The average Bonchev–Trinajstić information content (AvgIpc) is 2.97. The van der Waals surface area contributed by atoms with Gasteiger partial charge in [0.2, 0.25) is 5.91 Å². The number of nitrogens with one attached hydrogen (secondary N) is 2. The predicted octanol–water partition coefficient (Wildman–Crippen LogP) is 2.70. The second kappa shape index (κ2) is 6.69. The lowest BCUT2D eigenvalue weighted by Gasteiger charge is -2.29. The molecule has 4 heteroatoms. The number of fused-ring (bicyclic) bond motifs is 2. The van der Waals surface area contributed by atoms with Gasteiger partial charge in [-0.05, 0) is 56.6 Å². The zero-order chi connectivity index (χ0) is 13.9. The summed E-state index contributed by atoms with van der Waals surface area (Å²) >= 11 is 2.05. The second-order valence-electron chi connectivity index (χ2n) is 6.83. The molecule has 114 valence electrons. The highest BCUT2D eigenvalue weighted by molar-refractivity contribution is 7.99. The van der Waals surface area contributed by atoms with Crippen molar-refractivity contribution in [3.8, 4) is 0 Å². The molecule has 3 rings (SSSR count). The lowest BCUT2D eigenvalue weighted by molar-refractivity contribution is -0.122. The molecule has 4 unspecified atom stereocenters. The van der Waals surface area contributed by atoms with E-state index in [0.717, 1.165) is 11.7 Å². The van der Waals surface area contributed by atoms with Crippen LogP contribution in [0.4, 0.5) is 0 Å². The van der Waals surface area contributed by atoms with Gasteiger partial charge < -0.3 is 10.6 Å². The topological polar surface area (TPSA) is 41.1 Å². The quantitative estimate of drug-likeness (QED) is 0.819. The Kier molecular flexibility index (Phi) is 4.92. The van der Waals surface area contributed by atoms with Crippen LogP contribution in [0.5, 0.6) is 0 Å². The van der Waals surface area contributed by atoms with Crippen LogP contribution in [0.2, 0.25) is 0 Å². The zero-order valence-corrected chi connectivity index (χ0v) is 13.4. The average molecular weight is 296 g/mol. The van der Waals surface area contributed by atoms with Crippen LogP contribution in [-0.2, 0) is 4.79 Å². The maximum Gasteiger partial charge on any atom is 0.220 e. The Balaban J connectivity index is 1.39. The molecular formula is C16H28N2OS. The SMILES string of the molecule is CCSC1CCC(NC(=O)CC2CC3CCC(C2)N3)C1. The highest BCUT2D eigenvalue weighted by Crippen LogP contribution is 2.33. The summed E-state index contributed by atoms with van der Waals surface area (Å²) in [5.41, 5.74) is 0. The Hall–Kier alpha value is -0.220. The van der Waals surface area contributed by atoms with Crippen molar-refractivity contribution in [2.45, 2.75) is 81.7 Å². The van der Waals surface area contributed by atoms with Gasteiger partial charge in [-0.25, -0.2) is 0 Å². The van der Waals surface area contributed by atoms with Crippen LogP contribution in [0.1, 0.15) is 58.3 Å². The van der Waals surface area contributed by atoms with Gasteiger partial charge in [-0.3, -0.25) is 4.79 Å². The first kappa shape index (κ1) is 14.7. The molecule has 4 atom stereocenters. The highest BCUT2D eigenvalue weighted by Gasteiger charge is 2.34. The van der Waals surface area contributed by atoms with Crippen molar-refractivity contribution in [1.29, 1.82) is 0 Å². The maximum atomic E-state index is 12.2. The number of hydrogen-bond acceptors (Lipinski definition) is 3. The fourth-order valence-electron chi connectivity index (χ4n) is 4.35. The summed E-state index contributed by atoms with van der Waals surface area (Å²) in [5, 5.41) is 7.72. The molecule has 2 saturated heterocycles. The predicted molar refractivity (Wildman–Crippen MR) is 85.0 cm³/mol. The van der Waals surface area contributed by atoms with Gasteiger partial charge in [-0.15, -0.1) is 0 Å². The third-order valence-electron chi connectivity index (χ3n) is 5.20. The van der Waals surface area contributed by atoms with E-state index in [-0.39, 0.29) is 0 Å². The van der Waals surface area contributed by atoms with Gasteiger partial charge in [0.25, 0.3) is 0 Å². The number of amides is 1. The smallest absolute Gasteiger partial charge is 0.220 e. The first-order chi connectivity index (χ1) is 9.72. The second-order valence-corrected chi connectivity index (χ2v) is 8.41. The van der Waals surface area contributed by atoms with Gasteiger partial charge in [-0.2, -0.15) is 11.8 Å². The molecule has 0 aromatic heterocycles. The van der Waals surface area contributed by atoms with E-state index in [1.807, 2.05) is 0 Å². The standard InChI is InChI=1S/C16H28N2OS/c1-2-20-15-6-5-14(10-15)18-16(19)9-11-7-12-3-4-13(8-11)17-12/h11-15,17H,2-10H2,1H3,(H,18,19). The number of piperidine rings is 1. The summed E-state index contributed by atoms with van der Waals surface area (Å²) < 4.78 is 0. The largest absolute Gasteiger partial charge is 0.353 e. The molecule has 3 nitrogen and oxygen atoms in total. The van der Waals surface area contributed by atoms with Crippen LogP contribution in [0, 0.1) is 5.92 Å². The highest BCUT2D eigenvalue weighted by atomic mass is 32.2. The summed E-state index contributed by atoms with van der Waals surface area (Å²) in [4.78, 5) is 12.2. The van der Waals surface area contributed by atoms with Crippen LogP contribution in [0.3, 0.4) is 0 Å². The molecule has 0 aromatic carbocycles. The minimum absolute atomic E-state index is 0.309. The molecule has 3 aliphatic rings. The fourth-order valence-corrected chi connectivity index (χ4v) is 5.49. The Bertz CT molecular complexity index is 337. The Morgan fingerprint density at radius 2 is 1.90 bits per heavy atom. The van der Waals surface area contributed by atoms with Crippen molar-refractivity contribution in [3.63, 3.8) is 0 Å². The van der Waals surface area contributed by atoms with E-state index in [0.29, 0.717) is 30.0 Å². The number of carbonyl (C=O) groups is 1. The summed E-state index contributed by atoms with van der Waals surface area (Å²) in [7, 11) is 0. The monoisotopic (exact) mass is 296 g/mol. The molecule has 1 amide bonds. The number of rotatable bonds is 5. The van der Waals surface area contributed by atoms with Crippen molar-refractivity contribution in [2.24, 2.45) is 5.92 Å². The fraction of sp³-hybridized carbons (Fsp3) is 0.938. The summed E-state index contributed by atoms with van der Waals surface area (Å²) in [6.45, 7) is 2.22. The van der Waals surface area contributed by atoms with E-state index in [2.05, 4.69) is 29.3 Å². The lowest BCUT2D eigenvalue weighted by Crippen LogP contribution is -2.41. The molecule has 20 heavy (non-hydrogen) atoms. The van der Waals surface area contributed by atoms with Crippen molar-refractivity contribution in [1.82, 2.24) is 10.6 Å². The third-order valence-corrected chi connectivity index (χ3v) is 6.43. The van der Waals surface area contributed by atoms with E-state index in [1.54, 1.807) is 0 Å². The minimum Gasteiger partial charge on any atom is -0.353 e. The maximum absolute atomic E-state index is 12.2. The first-order valence-electron chi connectivity index (χ1n) is 8.40. The van der Waals surface area contributed by atoms with Crippen LogP contribution in [-0.4, -0.2) is 35.0 Å². The molecule has 3 fully saturated rings. The molecule has 0 radical (unpaired) electrons. The van der Waals surface area contributed by atoms with E-state index in [1.165, 1.54) is 50.7 Å². The first-order valence-corrected chi connectivity index (χ1v) is 9.44. The molecule has 2 N–H and O–H groups in total. The molecular weight excluding hydrogens is 268 g/mol. The van der Waals surface area contributed by atoms with E-state index >= 15 is 0 Å². The Morgan fingerprint density at radius 1 is 1.15 bits per heavy atom. The number of carbonyl (C=O) groups excluding carboxylic acids is 1. The summed E-state index contributed by atoms with van der Waals surface area (Å²) in [5.74, 6) is 2.13. The van der Waals surface area contributed by atoms with Gasteiger partial charge in [0.15, 0.2) is 0 Å². The lowest BCUT2D eigenvalue weighted by atomic mass is 9.89. The van der Waals surface area contributed by atoms with Crippen LogP contribution < -0.4 is 10.6 Å². The van der Waals surface area contributed by atoms with Crippen molar-refractivity contribution in [3.05, 3.63) is 0 Å². The summed E-state index contributed by atoms with van der Waals surface area (Å²) in [6, 6.07) is 1.84. The van der Waals surface area contributed by atoms with Gasteiger partial charge in [-0.1, -0.05) is 6.92 Å². The zero-order valence-electron chi connectivity index (χ0n) is 12.6. The van der Waals surface area contributed by atoms with Crippen molar-refractivity contribution in [2.75, 3.05) is 5.75 Å². The minimum atomic E-state index is 0.309. The van der Waals surface area contributed by atoms with Crippen LogP contribution in [0.15, 0.2) is 0 Å². The van der Waals surface area contributed by atoms with Gasteiger partial charge >= 0.3 is 0 Å². The Morgan fingerprint density at radius 3 is 2.60 bits per heavy atom. The third kappa shape index (κ3) is 3.70.